The Bertz CT molecular complexity index is 1150. The number of carbonyl (C=O) groups excluding carboxylic acids is 1. The second-order valence-corrected chi connectivity index (χ2v) is 6.65. The SMILES string of the molecule is Cc1cc(C)cc(Oc2cc(NC(=O)c3nn(C)cc3[N+](=O)[O-])cc([N+](=O)[O-])c2)c1. The summed E-state index contributed by atoms with van der Waals surface area (Å²) < 4.78 is 6.88. The zero-order chi connectivity index (χ0) is 22.0. The number of amides is 1. The zero-order valence-electron chi connectivity index (χ0n) is 16.3. The van der Waals surface area contributed by atoms with Crippen molar-refractivity contribution >= 4 is 23.0 Å². The minimum atomic E-state index is -0.875. The van der Waals surface area contributed by atoms with Gasteiger partial charge in [-0.3, -0.25) is 29.7 Å². The lowest BCUT2D eigenvalue weighted by molar-refractivity contribution is -0.385. The average Bonchev–Trinajstić information content (AvgIpc) is 3.03. The molecule has 1 N–H and O–H groups in total. The summed E-state index contributed by atoms with van der Waals surface area (Å²) >= 11 is 0. The van der Waals surface area contributed by atoms with Crippen LogP contribution in [0.4, 0.5) is 17.1 Å². The summed E-state index contributed by atoms with van der Waals surface area (Å²) in [4.78, 5) is 33.5. The maximum atomic E-state index is 12.5. The fourth-order valence-electron chi connectivity index (χ4n) is 2.91. The number of nitrogens with zero attached hydrogens (tertiary/aromatic N) is 4. The molecule has 0 aliphatic carbocycles. The first-order chi connectivity index (χ1) is 14.1. The number of hydrogen-bond acceptors (Lipinski definition) is 7. The summed E-state index contributed by atoms with van der Waals surface area (Å²) in [5.74, 6) is -0.272. The Morgan fingerprint density at radius 2 is 1.63 bits per heavy atom. The molecule has 3 aromatic rings. The van der Waals surface area contributed by atoms with E-state index in [1.807, 2.05) is 19.9 Å². The molecule has 0 unspecified atom stereocenters. The largest absolute Gasteiger partial charge is 0.457 e. The third-order valence-corrected chi connectivity index (χ3v) is 4.01. The predicted octanol–water partition coefficient (Wildman–Crippen LogP) is 3.90. The first kappa shape index (κ1) is 20.5. The second-order valence-electron chi connectivity index (χ2n) is 6.65. The van der Waals surface area contributed by atoms with Crippen molar-refractivity contribution < 1.29 is 19.4 Å². The fourth-order valence-corrected chi connectivity index (χ4v) is 2.91. The van der Waals surface area contributed by atoms with Crippen LogP contribution in [-0.4, -0.2) is 25.5 Å². The van der Waals surface area contributed by atoms with Crippen molar-refractivity contribution in [2.45, 2.75) is 13.8 Å². The van der Waals surface area contributed by atoms with Crippen LogP contribution >= 0.6 is 0 Å². The lowest BCUT2D eigenvalue weighted by atomic mass is 10.1. The van der Waals surface area contributed by atoms with Crippen molar-refractivity contribution in [3.05, 3.63) is 79.6 Å². The van der Waals surface area contributed by atoms with Gasteiger partial charge in [-0.1, -0.05) is 6.07 Å². The smallest absolute Gasteiger partial charge is 0.320 e. The van der Waals surface area contributed by atoms with Gasteiger partial charge >= 0.3 is 5.69 Å². The monoisotopic (exact) mass is 411 g/mol. The molecule has 2 aromatic carbocycles. The summed E-state index contributed by atoms with van der Waals surface area (Å²) in [6.45, 7) is 3.78. The first-order valence-corrected chi connectivity index (χ1v) is 8.67. The van der Waals surface area contributed by atoms with E-state index >= 15 is 0 Å². The Kier molecular flexibility index (Phi) is 5.45. The highest BCUT2D eigenvalue weighted by Crippen LogP contribution is 2.31. The molecule has 0 spiro atoms. The summed E-state index contributed by atoms with van der Waals surface area (Å²) in [6, 6.07) is 9.21. The summed E-state index contributed by atoms with van der Waals surface area (Å²) in [6.07, 6.45) is 1.09. The van der Waals surface area contributed by atoms with Crippen LogP contribution in [-0.2, 0) is 7.05 Å². The van der Waals surface area contributed by atoms with E-state index in [9.17, 15) is 25.0 Å². The normalized spacial score (nSPS) is 10.5. The molecule has 0 aliphatic rings. The maximum absolute atomic E-state index is 12.5. The van der Waals surface area contributed by atoms with Gasteiger partial charge in [-0.15, -0.1) is 0 Å². The molecule has 30 heavy (non-hydrogen) atoms. The molecule has 0 saturated carbocycles. The predicted molar refractivity (Wildman–Crippen MR) is 107 cm³/mol. The molecule has 3 rings (SSSR count). The number of ether oxygens (including phenoxy) is 1. The standard InChI is InChI=1S/C19H17N5O6/c1-11-4-12(2)6-15(5-11)30-16-8-13(7-14(9-16)23(26)27)20-19(25)18-17(24(28)29)10-22(3)21-18/h4-10H,1-3H3,(H,20,25). The molecule has 0 radical (unpaired) electrons. The molecular weight excluding hydrogens is 394 g/mol. The summed E-state index contributed by atoms with van der Waals surface area (Å²) in [5.41, 5.74) is 0.729. The van der Waals surface area contributed by atoms with Gasteiger partial charge in [0.2, 0.25) is 5.69 Å². The first-order valence-electron chi connectivity index (χ1n) is 8.67. The van der Waals surface area contributed by atoms with Crippen molar-refractivity contribution in [1.82, 2.24) is 9.78 Å². The maximum Gasteiger partial charge on any atom is 0.320 e. The Morgan fingerprint density at radius 3 is 2.23 bits per heavy atom. The van der Waals surface area contributed by atoms with Crippen molar-refractivity contribution in [2.24, 2.45) is 7.05 Å². The Morgan fingerprint density at radius 1 is 1.00 bits per heavy atom. The molecular formula is C19H17N5O6. The number of aryl methyl sites for hydroxylation is 3. The third-order valence-electron chi connectivity index (χ3n) is 4.01. The van der Waals surface area contributed by atoms with Gasteiger partial charge in [-0.05, 0) is 37.1 Å². The van der Waals surface area contributed by atoms with Gasteiger partial charge in [-0.2, -0.15) is 5.10 Å². The van der Waals surface area contributed by atoms with Crippen molar-refractivity contribution in [3.8, 4) is 11.5 Å². The lowest BCUT2D eigenvalue weighted by Crippen LogP contribution is -2.14. The molecule has 1 amide bonds. The summed E-state index contributed by atoms with van der Waals surface area (Å²) in [7, 11) is 1.44. The number of anilines is 1. The molecule has 0 aliphatic heterocycles. The van der Waals surface area contributed by atoms with E-state index in [1.54, 1.807) is 12.1 Å². The highest BCUT2D eigenvalue weighted by molar-refractivity contribution is 6.05. The van der Waals surface area contributed by atoms with Crippen LogP contribution in [0.25, 0.3) is 0 Å². The van der Waals surface area contributed by atoms with Crippen molar-refractivity contribution in [1.29, 1.82) is 0 Å². The summed E-state index contributed by atoms with van der Waals surface area (Å²) in [5, 5.41) is 28.6. The molecule has 11 nitrogen and oxygen atoms in total. The van der Waals surface area contributed by atoms with E-state index in [0.29, 0.717) is 5.75 Å². The number of rotatable bonds is 6. The molecule has 154 valence electrons. The minimum absolute atomic E-state index is 0.0357. The van der Waals surface area contributed by atoms with Crippen LogP contribution in [0, 0.1) is 34.1 Å². The highest BCUT2D eigenvalue weighted by atomic mass is 16.6. The van der Waals surface area contributed by atoms with Crippen LogP contribution in [0.3, 0.4) is 0 Å². The molecule has 0 bridgehead atoms. The fraction of sp³-hybridized carbons (Fsp3) is 0.158. The van der Waals surface area contributed by atoms with Crippen molar-refractivity contribution in [2.75, 3.05) is 5.32 Å². The molecule has 0 fully saturated rings. The lowest BCUT2D eigenvalue weighted by Gasteiger charge is -2.10. The number of aromatic nitrogens is 2. The highest BCUT2D eigenvalue weighted by Gasteiger charge is 2.25. The number of nitrogens with one attached hydrogen (secondary N) is 1. The van der Waals surface area contributed by atoms with Gasteiger partial charge in [0.05, 0.1) is 21.6 Å². The van der Waals surface area contributed by atoms with E-state index in [1.165, 1.54) is 19.2 Å². The quantitative estimate of drug-likeness (QED) is 0.479. The number of nitro groups is 2. The number of non-ortho nitro benzene ring substituents is 1. The Hall–Kier alpha value is -4.28. The third kappa shape index (κ3) is 4.58. The Labute approximate surface area is 170 Å². The van der Waals surface area contributed by atoms with Crippen LogP contribution < -0.4 is 10.1 Å². The van der Waals surface area contributed by atoms with E-state index < -0.39 is 27.1 Å². The van der Waals surface area contributed by atoms with Gasteiger partial charge in [0.15, 0.2) is 0 Å². The zero-order valence-corrected chi connectivity index (χ0v) is 16.3. The van der Waals surface area contributed by atoms with Gasteiger partial charge in [0.1, 0.15) is 17.7 Å². The average molecular weight is 411 g/mol. The van der Waals surface area contributed by atoms with Crippen LogP contribution in [0.2, 0.25) is 0 Å². The topological polar surface area (TPSA) is 142 Å². The van der Waals surface area contributed by atoms with E-state index in [0.717, 1.165) is 28.1 Å². The Balaban J connectivity index is 1.94. The molecule has 0 saturated heterocycles. The molecule has 1 heterocycles. The van der Waals surface area contributed by atoms with E-state index in [4.69, 9.17) is 4.74 Å². The second kappa shape index (κ2) is 7.99. The van der Waals surface area contributed by atoms with Crippen LogP contribution in [0.15, 0.2) is 42.6 Å². The van der Waals surface area contributed by atoms with Crippen molar-refractivity contribution in [3.63, 3.8) is 0 Å². The number of hydrogen-bond donors (Lipinski definition) is 1. The van der Waals surface area contributed by atoms with E-state index in [-0.39, 0.29) is 17.1 Å². The van der Waals surface area contributed by atoms with Gasteiger partial charge in [0.25, 0.3) is 11.6 Å². The minimum Gasteiger partial charge on any atom is -0.457 e. The molecule has 0 atom stereocenters. The van der Waals surface area contributed by atoms with Crippen LogP contribution in [0.1, 0.15) is 21.6 Å². The number of carbonyl (C=O) groups is 1. The molecule has 1 aromatic heterocycles. The van der Waals surface area contributed by atoms with Gasteiger partial charge in [0, 0.05) is 19.2 Å². The van der Waals surface area contributed by atoms with Gasteiger partial charge < -0.3 is 10.1 Å². The van der Waals surface area contributed by atoms with E-state index in [2.05, 4.69) is 10.4 Å². The number of benzene rings is 2. The molecule has 11 heteroatoms. The van der Waals surface area contributed by atoms with Gasteiger partial charge in [-0.25, -0.2) is 0 Å². The van der Waals surface area contributed by atoms with Crippen LogP contribution in [0.5, 0.6) is 11.5 Å². The number of nitro benzene ring substituents is 1.